The molecule has 4 nitrogen and oxygen atoms in total. The molecule has 0 aromatic heterocycles. The Labute approximate surface area is 128 Å². The molecule has 2 N–H and O–H groups in total. The van der Waals surface area contributed by atoms with Gasteiger partial charge in [0.05, 0.1) is 5.75 Å². The van der Waals surface area contributed by atoms with E-state index < -0.39 is 0 Å². The summed E-state index contributed by atoms with van der Waals surface area (Å²) < 4.78 is 0. The van der Waals surface area contributed by atoms with Gasteiger partial charge in [0, 0.05) is 16.3 Å². The second-order valence-corrected chi connectivity index (χ2v) is 5.78. The summed E-state index contributed by atoms with van der Waals surface area (Å²) in [4.78, 5) is 23.9. The lowest BCUT2D eigenvalue weighted by atomic mass is 10.2. The average Bonchev–Trinajstić information content (AvgIpc) is 2.45. The van der Waals surface area contributed by atoms with E-state index in [4.69, 9.17) is 11.6 Å². The van der Waals surface area contributed by atoms with Crippen LogP contribution in [0.5, 0.6) is 0 Å². The molecule has 20 heavy (non-hydrogen) atoms. The number of hydrazine groups is 1. The second-order valence-electron chi connectivity index (χ2n) is 4.30. The first-order chi connectivity index (χ1) is 9.61. The van der Waals surface area contributed by atoms with Crippen molar-refractivity contribution in [2.45, 2.75) is 37.5 Å². The Kier molecular flexibility index (Phi) is 8.14. The molecular weight excluding hydrogens is 296 g/mol. The predicted octanol–water partition coefficient (Wildman–Crippen LogP) is 3.16. The van der Waals surface area contributed by atoms with Crippen molar-refractivity contribution in [3.63, 3.8) is 0 Å². The van der Waals surface area contributed by atoms with Crippen LogP contribution in [-0.2, 0) is 9.59 Å². The van der Waals surface area contributed by atoms with Gasteiger partial charge in [-0.15, -0.1) is 11.8 Å². The second kappa shape index (κ2) is 9.66. The van der Waals surface area contributed by atoms with E-state index in [2.05, 4.69) is 17.8 Å². The van der Waals surface area contributed by atoms with Gasteiger partial charge in [-0.2, -0.15) is 0 Å². The van der Waals surface area contributed by atoms with E-state index in [1.807, 2.05) is 12.1 Å². The van der Waals surface area contributed by atoms with Crippen LogP contribution in [0.15, 0.2) is 29.2 Å². The Hall–Kier alpha value is -1.20. The molecule has 0 unspecified atom stereocenters. The van der Waals surface area contributed by atoms with Gasteiger partial charge < -0.3 is 0 Å². The van der Waals surface area contributed by atoms with Crippen LogP contribution in [0.25, 0.3) is 0 Å². The van der Waals surface area contributed by atoms with E-state index in [-0.39, 0.29) is 17.6 Å². The molecule has 0 heterocycles. The number of hydrogen-bond acceptors (Lipinski definition) is 3. The molecule has 0 aliphatic rings. The fourth-order valence-electron chi connectivity index (χ4n) is 1.45. The van der Waals surface area contributed by atoms with Crippen LogP contribution in [0.1, 0.15) is 32.6 Å². The Morgan fingerprint density at radius 1 is 1.10 bits per heavy atom. The van der Waals surface area contributed by atoms with Gasteiger partial charge in [-0.1, -0.05) is 31.4 Å². The normalized spacial score (nSPS) is 10.1. The number of halogens is 1. The maximum Gasteiger partial charge on any atom is 0.248 e. The summed E-state index contributed by atoms with van der Waals surface area (Å²) >= 11 is 7.16. The van der Waals surface area contributed by atoms with Crippen molar-refractivity contribution in [1.82, 2.24) is 10.9 Å². The van der Waals surface area contributed by atoms with Gasteiger partial charge in [-0.25, -0.2) is 0 Å². The number of nitrogens with one attached hydrogen (secondary N) is 2. The summed E-state index contributed by atoms with van der Waals surface area (Å²) in [5, 5.41) is 0.665. The van der Waals surface area contributed by atoms with E-state index in [0.29, 0.717) is 11.4 Å². The topological polar surface area (TPSA) is 58.2 Å². The maximum absolute atomic E-state index is 11.5. The number of benzene rings is 1. The molecule has 0 radical (unpaired) electrons. The van der Waals surface area contributed by atoms with E-state index in [1.54, 1.807) is 12.1 Å². The molecule has 0 spiro atoms. The molecule has 1 aromatic rings. The third-order valence-electron chi connectivity index (χ3n) is 2.53. The number of hydrogen-bond donors (Lipinski definition) is 2. The van der Waals surface area contributed by atoms with Crippen LogP contribution in [0.4, 0.5) is 0 Å². The number of thioether (sulfide) groups is 1. The fraction of sp³-hybridized carbons (Fsp3) is 0.429. The minimum atomic E-state index is -0.228. The van der Waals surface area contributed by atoms with E-state index in [9.17, 15) is 9.59 Å². The zero-order chi connectivity index (χ0) is 14.8. The van der Waals surface area contributed by atoms with Gasteiger partial charge >= 0.3 is 0 Å². The highest BCUT2D eigenvalue weighted by Gasteiger charge is 2.05. The average molecular weight is 315 g/mol. The summed E-state index contributed by atoms with van der Waals surface area (Å²) in [6.07, 6.45) is 3.38. The molecule has 0 aliphatic carbocycles. The van der Waals surface area contributed by atoms with E-state index >= 15 is 0 Å². The van der Waals surface area contributed by atoms with E-state index in [0.717, 1.165) is 24.2 Å². The molecule has 1 rings (SSSR count). The summed E-state index contributed by atoms with van der Waals surface area (Å²) in [5.74, 6) is -0.131. The van der Waals surface area contributed by atoms with Crippen LogP contribution >= 0.6 is 23.4 Å². The Morgan fingerprint density at radius 2 is 1.75 bits per heavy atom. The monoisotopic (exact) mass is 314 g/mol. The number of rotatable bonds is 7. The van der Waals surface area contributed by atoms with Crippen molar-refractivity contribution < 1.29 is 9.59 Å². The summed E-state index contributed by atoms with van der Waals surface area (Å²) in [5.41, 5.74) is 4.82. The molecule has 0 saturated carbocycles. The van der Waals surface area contributed by atoms with E-state index in [1.165, 1.54) is 11.8 Å². The number of carbonyl (C=O) groups is 2. The molecule has 110 valence electrons. The van der Waals surface area contributed by atoms with Gasteiger partial charge in [0.25, 0.3) is 0 Å². The quantitative estimate of drug-likeness (QED) is 0.462. The summed E-state index contributed by atoms with van der Waals surface area (Å²) in [6, 6.07) is 7.25. The zero-order valence-electron chi connectivity index (χ0n) is 11.4. The van der Waals surface area contributed by atoms with Gasteiger partial charge in [0.1, 0.15) is 0 Å². The molecule has 0 atom stereocenters. The van der Waals surface area contributed by atoms with Crippen LogP contribution in [0, 0.1) is 0 Å². The third-order valence-corrected chi connectivity index (χ3v) is 3.80. The van der Waals surface area contributed by atoms with Crippen LogP contribution in [-0.4, -0.2) is 17.6 Å². The Morgan fingerprint density at radius 3 is 2.40 bits per heavy atom. The highest BCUT2D eigenvalue weighted by molar-refractivity contribution is 8.00. The molecule has 0 fully saturated rings. The van der Waals surface area contributed by atoms with Crippen LogP contribution in [0.2, 0.25) is 5.02 Å². The van der Waals surface area contributed by atoms with Gasteiger partial charge in [0.2, 0.25) is 11.8 Å². The van der Waals surface area contributed by atoms with Crippen molar-refractivity contribution in [1.29, 1.82) is 0 Å². The standard InChI is InChI=1S/C14H19ClN2O2S/c1-2-3-4-5-13(18)16-17-14(19)10-20-12-8-6-11(15)7-9-12/h6-9H,2-5,10H2,1H3,(H,16,18)(H,17,19). The number of amides is 2. The third kappa shape index (κ3) is 7.40. The first-order valence-corrected chi connectivity index (χ1v) is 7.94. The largest absolute Gasteiger partial charge is 0.273 e. The van der Waals surface area contributed by atoms with Crippen molar-refractivity contribution >= 4 is 35.2 Å². The minimum absolute atomic E-state index is 0.150. The van der Waals surface area contributed by atoms with Crippen molar-refractivity contribution in [2.75, 3.05) is 5.75 Å². The van der Waals surface area contributed by atoms with Gasteiger partial charge in [0.15, 0.2) is 0 Å². The first-order valence-electron chi connectivity index (χ1n) is 6.58. The zero-order valence-corrected chi connectivity index (χ0v) is 13.0. The first kappa shape index (κ1) is 16.9. The highest BCUT2D eigenvalue weighted by atomic mass is 35.5. The molecule has 0 saturated heterocycles. The van der Waals surface area contributed by atoms with Crippen LogP contribution in [0.3, 0.4) is 0 Å². The number of carbonyl (C=O) groups excluding carboxylic acids is 2. The van der Waals surface area contributed by atoms with Gasteiger partial charge in [-0.3, -0.25) is 20.4 Å². The fourth-order valence-corrected chi connectivity index (χ4v) is 2.28. The lowest BCUT2D eigenvalue weighted by Gasteiger charge is -2.07. The predicted molar refractivity (Wildman–Crippen MR) is 82.6 cm³/mol. The number of unbranched alkanes of at least 4 members (excludes halogenated alkanes) is 2. The van der Waals surface area contributed by atoms with Crippen molar-refractivity contribution in [3.8, 4) is 0 Å². The lowest BCUT2D eigenvalue weighted by Crippen LogP contribution is -2.42. The molecular formula is C14H19ClN2O2S. The summed E-state index contributed by atoms with van der Waals surface area (Å²) in [7, 11) is 0. The van der Waals surface area contributed by atoms with Crippen molar-refractivity contribution in [2.24, 2.45) is 0 Å². The Balaban J connectivity index is 2.17. The lowest BCUT2D eigenvalue weighted by molar-refractivity contribution is -0.127. The molecule has 1 aromatic carbocycles. The molecule has 0 aliphatic heterocycles. The Bertz CT molecular complexity index is 437. The molecule has 0 bridgehead atoms. The SMILES string of the molecule is CCCCCC(=O)NNC(=O)CSc1ccc(Cl)cc1. The molecule has 6 heteroatoms. The summed E-state index contributed by atoms with van der Waals surface area (Å²) in [6.45, 7) is 2.08. The highest BCUT2D eigenvalue weighted by Crippen LogP contribution is 2.19. The van der Waals surface area contributed by atoms with Gasteiger partial charge in [-0.05, 0) is 30.7 Å². The molecule has 2 amide bonds. The minimum Gasteiger partial charge on any atom is -0.273 e. The smallest absolute Gasteiger partial charge is 0.248 e. The maximum atomic E-state index is 11.5. The van der Waals surface area contributed by atoms with Crippen LogP contribution < -0.4 is 10.9 Å². The van der Waals surface area contributed by atoms with Crippen molar-refractivity contribution in [3.05, 3.63) is 29.3 Å².